The minimum Gasteiger partial charge on any atom is -0.478 e. The Morgan fingerprint density at radius 1 is 1.20 bits per heavy atom. The Kier molecular flexibility index (Phi) is 6.46. The summed E-state index contributed by atoms with van der Waals surface area (Å²) in [7, 11) is 0. The smallest absolute Gasteiger partial charge is 0.331 e. The fourth-order valence-corrected chi connectivity index (χ4v) is 5.38. The van der Waals surface area contributed by atoms with Gasteiger partial charge in [0, 0.05) is 11.0 Å². The summed E-state index contributed by atoms with van der Waals surface area (Å²) in [6.07, 6.45) is -5.95. The van der Waals surface area contributed by atoms with Crippen molar-refractivity contribution in [2.45, 2.75) is 81.4 Å². The van der Waals surface area contributed by atoms with Gasteiger partial charge in [0.15, 0.2) is 6.29 Å². The van der Waals surface area contributed by atoms with Gasteiger partial charge in [0.25, 0.3) is 0 Å². The summed E-state index contributed by atoms with van der Waals surface area (Å²) in [4.78, 5) is 11.5. The van der Waals surface area contributed by atoms with Crippen molar-refractivity contribution in [2.75, 3.05) is 6.61 Å². The summed E-state index contributed by atoms with van der Waals surface area (Å²) in [6.45, 7) is 9.14. The highest BCUT2D eigenvalue weighted by Crippen LogP contribution is 2.59. The Morgan fingerprint density at radius 3 is 2.47 bits per heavy atom. The monoisotopic (exact) mass is 428 g/mol. The molecule has 3 aliphatic rings. The van der Waals surface area contributed by atoms with Crippen LogP contribution in [0.15, 0.2) is 24.3 Å². The standard InChI is InChI=1S/C21H32O9/c1-10-6-13(23)8-20(3)5-4-12(11(2)18(27)28)7-21(10,20)30-19-17(26)16(25)15(24)14(9-22)29-19/h12-17,19,22-26H,1-2,4-9H2,3H3,(H,27,28). The molecule has 1 heterocycles. The zero-order valence-corrected chi connectivity index (χ0v) is 17.1. The van der Waals surface area contributed by atoms with E-state index in [1.165, 1.54) is 0 Å². The number of carboxylic acid groups (broad SMARTS) is 1. The molecule has 3 rings (SSSR count). The van der Waals surface area contributed by atoms with Crippen LogP contribution in [0.25, 0.3) is 0 Å². The van der Waals surface area contributed by atoms with Gasteiger partial charge in [-0.05, 0) is 43.6 Å². The first kappa shape index (κ1) is 23.3. The first-order valence-corrected chi connectivity index (χ1v) is 10.2. The molecular formula is C21H32O9. The lowest BCUT2D eigenvalue weighted by Gasteiger charge is -2.59. The van der Waals surface area contributed by atoms with E-state index >= 15 is 0 Å². The molecule has 1 saturated heterocycles. The van der Waals surface area contributed by atoms with Crippen LogP contribution in [-0.2, 0) is 14.3 Å². The number of carboxylic acids is 1. The molecule has 1 aliphatic heterocycles. The maximum atomic E-state index is 11.5. The van der Waals surface area contributed by atoms with Crippen LogP contribution >= 0.6 is 0 Å². The van der Waals surface area contributed by atoms with E-state index in [-0.39, 0.29) is 18.4 Å². The maximum absolute atomic E-state index is 11.5. The summed E-state index contributed by atoms with van der Waals surface area (Å²) >= 11 is 0. The molecule has 0 amide bonds. The van der Waals surface area contributed by atoms with E-state index < -0.39 is 66.3 Å². The molecule has 0 aromatic rings. The number of aliphatic carboxylic acids is 1. The van der Waals surface area contributed by atoms with Crippen molar-refractivity contribution in [1.82, 2.24) is 0 Å². The second-order valence-electron chi connectivity index (χ2n) is 9.14. The lowest BCUT2D eigenvalue weighted by atomic mass is 9.52. The Hall–Kier alpha value is -1.33. The molecule has 6 N–H and O–H groups in total. The third-order valence-electron chi connectivity index (χ3n) is 7.23. The summed E-state index contributed by atoms with van der Waals surface area (Å²) < 4.78 is 11.9. The number of aliphatic hydroxyl groups excluding tert-OH is 5. The van der Waals surface area contributed by atoms with Crippen LogP contribution < -0.4 is 0 Å². The van der Waals surface area contributed by atoms with Crippen LogP contribution in [0.2, 0.25) is 0 Å². The van der Waals surface area contributed by atoms with Crippen molar-refractivity contribution in [1.29, 1.82) is 0 Å². The molecule has 2 saturated carbocycles. The van der Waals surface area contributed by atoms with Gasteiger partial charge in [-0.2, -0.15) is 0 Å². The van der Waals surface area contributed by atoms with E-state index in [4.69, 9.17) is 9.47 Å². The van der Waals surface area contributed by atoms with Crippen LogP contribution in [0.1, 0.15) is 39.0 Å². The Morgan fingerprint density at radius 2 is 1.87 bits per heavy atom. The second-order valence-corrected chi connectivity index (χ2v) is 9.14. The average Bonchev–Trinajstić information content (AvgIpc) is 2.68. The molecule has 0 aromatic carbocycles. The highest BCUT2D eigenvalue weighted by atomic mass is 16.7. The Bertz CT molecular complexity index is 707. The topological polar surface area (TPSA) is 157 Å². The second kappa shape index (κ2) is 8.31. The van der Waals surface area contributed by atoms with Crippen molar-refractivity contribution >= 4 is 5.97 Å². The minimum atomic E-state index is -1.60. The summed E-state index contributed by atoms with van der Waals surface area (Å²) in [5.41, 5.74) is -1.19. The van der Waals surface area contributed by atoms with E-state index in [2.05, 4.69) is 13.2 Å². The van der Waals surface area contributed by atoms with Gasteiger partial charge < -0.3 is 40.1 Å². The van der Waals surface area contributed by atoms with Gasteiger partial charge in [0.2, 0.25) is 0 Å². The average molecular weight is 428 g/mol. The van der Waals surface area contributed by atoms with Crippen LogP contribution in [0.4, 0.5) is 0 Å². The Labute approximate surface area is 175 Å². The lowest BCUT2D eigenvalue weighted by Crippen LogP contribution is -2.65. The van der Waals surface area contributed by atoms with Gasteiger partial charge in [-0.25, -0.2) is 4.79 Å². The summed E-state index contributed by atoms with van der Waals surface area (Å²) in [5, 5.41) is 59.9. The normalized spacial score (nSPS) is 46.9. The summed E-state index contributed by atoms with van der Waals surface area (Å²) in [5.74, 6) is -1.51. The molecule has 2 aliphatic carbocycles. The third-order valence-corrected chi connectivity index (χ3v) is 7.23. The van der Waals surface area contributed by atoms with E-state index in [1.807, 2.05) is 6.92 Å². The molecule has 9 unspecified atom stereocenters. The van der Waals surface area contributed by atoms with Gasteiger partial charge in [-0.15, -0.1) is 0 Å². The fourth-order valence-electron chi connectivity index (χ4n) is 5.38. The van der Waals surface area contributed by atoms with Crippen molar-refractivity contribution < 1.29 is 44.9 Å². The Balaban J connectivity index is 1.97. The minimum absolute atomic E-state index is 0.0488. The third kappa shape index (κ3) is 3.73. The largest absolute Gasteiger partial charge is 0.478 e. The predicted molar refractivity (Wildman–Crippen MR) is 104 cm³/mol. The first-order chi connectivity index (χ1) is 14.0. The number of fused-ring (bicyclic) bond motifs is 1. The lowest BCUT2D eigenvalue weighted by molar-refractivity contribution is -0.342. The van der Waals surface area contributed by atoms with Crippen LogP contribution in [-0.4, -0.2) is 85.6 Å². The molecular weight excluding hydrogens is 396 g/mol. The molecule has 9 heteroatoms. The van der Waals surface area contributed by atoms with Crippen LogP contribution in [0.3, 0.4) is 0 Å². The fraction of sp³-hybridized carbons (Fsp3) is 0.762. The molecule has 9 atom stereocenters. The number of hydrogen-bond donors (Lipinski definition) is 6. The van der Waals surface area contributed by atoms with E-state index in [1.54, 1.807) is 0 Å². The number of rotatable bonds is 5. The molecule has 0 spiro atoms. The SMILES string of the molecule is C=C(C(=O)O)C1CCC2(C)CC(O)CC(=C)C2(OC2OC(CO)C(O)C(O)C2O)C1. The van der Waals surface area contributed by atoms with Gasteiger partial charge in [-0.3, -0.25) is 0 Å². The van der Waals surface area contributed by atoms with Crippen molar-refractivity contribution in [2.24, 2.45) is 11.3 Å². The maximum Gasteiger partial charge on any atom is 0.331 e. The van der Waals surface area contributed by atoms with Gasteiger partial charge in [0.05, 0.1) is 18.3 Å². The van der Waals surface area contributed by atoms with Gasteiger partial charge >= 0.3 is 5.97 Å². The van der Waals surface area contributed by atoms with Gasteiger partial charge in [-0.1, -0.05) is 20.1 Å². The first-order valence-electron chi connectivity index (χ1n) is 10.2. The molecule has 0 aromatic heterocycles. The van der Waals surface area contributed by atoms with E-state index in [9.17, 15) is 35.4 Å². The molecule has 0 bridgehead atoms. The molecule has 0 radical (unpaired) electrons. The van der Waals surface area contributed by atoms with Crippen molar-refractivity contribution in [3.8, 4) is 0 Å². The van der Waals surface area contributed by atoms with Gasteiger partial charge in [0.1, 0.15) is 24.4 Å². The zero-order valence-electron chi connectivity index (χ0n) is 17.1. The summed E-state index contributed by atoms with van der Waals surface area (Å²) in [6, 6.07) is 0. The highest BCUT2D eigenvalue weighted by molar-refractivity contribution is 5.86. The molecule has 9 nitrogen and oxygen atoms in total. The predicted octanol–water partition coefficient (Wildman–Crippen LogP) is -0.300. The highest BCUT2D eigenvalue weighted by Gasteiger charge is 2.60. The van der Waals surface area contributed by atoms with E-state index in [0.29, 0.717) is 24.8 Å². The van der Waals surface area contributed by atoms with E-state index in [0.717, 1.165) is 0 Å². The molecule has 3 fully saturated rings. The van der Waals surface area contributed by atoms with Crippen molar-refractivity contribution in [3.05, 3.63) is 24.3 Å². The van der Waals surface area contributed by atoms with Crippen LogP contribution in [0, 0.1) is 11.3 Å². The van der Waals surface area contributed by atoms with Crippen molar-refractivity contribution in [3.63, 3.8) is 0 Å². The zero-order chi connectivity index (χ0) is 22.4. The molecule has 30 heavy (non-hydrogen) atoms. The molecule has 170 valence electrons. The number of aliphatic hydroxyl groups is 5. The number of ether oxygens (including phenoxy) is 2. The number of hydrogen-bond acceptors (Lipinski definition) is 8. The van der Waals surface area contributed by atoms with Crippen LogP contribution in [0.5, 0.6) is 0 Å². The quantitative estimate of drug-likeness (QED) is 0.255. The number of carbonyl (C=O) groups is 1.